The van der Waals surface area contributed by atoms with Crippen LogP contribution in [0.4, 0.5) is 4.79 Å². The molecule has 0 unspecified atom stereocenters. The zero-order valence-electron chi connectivity index (χ0n) is 65.2. The molecule has 7 amide bonds. The Bertz CT molecular complexity index is 3150. The maximum absolute atomic E-state index is 15.4. The molecule has 0 aliphatic carbocycles. The van der Waals surface area contributed by atoms with Gasteiger partial charge in [-0.15, -0.1) is 0 Å². The first-order valence-corrected chi connectivity index (χ1v) is 37.5. The highest BCUT2D eigenvalue weighted by Gasteiger charge is 2.46. The molecule has 1 heterocycles. The van der Waals surface area contributed by atoms with E-state index in [9.17, 15) is 51.9 Å². The van der Waals surface area contributed by atoms with Crippen molar-refractivity contribution in [2.24, 2.45) is 70.5 Å². The number of carbonyl (C=O) groups excluding carboxylic acids is 12. The van der Waals surface area contributed by atoms with Gasteiger partial charge in [0.2, 0.25) is 35.4 Å². The van der Waals surface area contributed by atoms with Crippen LogP contribution in [-0.4, -0.2) is 206 Å². The van der Waals surface area contributed by atoms with Crippen LogP contribution in [0.1, 0.15) is 194 Å². The van der Waals surface area contributed by atoms with Gasteiger partial charge >= 0.3 is 6.09 Å². The number of likely N-dealkylation sites (N-methyl/N-ethyl adjacent to an activating group) is 4. The highest BCUT2D eigenvalue weighted by Crippen LogP contribution is 2.37. The summed E-state index contributed by atoms with van der Waals surface area (Å²) in [4.78, 5) is 182. The number of nitrogens with one attached hydrogen (secondary N) is 2. The molecule has 0 aromatic heterocycles. The summed E-state index contributed by atoms with van der Waals surface area (Å²) in [6.07, 6.45) is -0.190. The lowest BCUT2D eigenvalue weighted by molar-refractivity contribution is -0.155. The Labute approximate surface area is 603 Å². The van der Waals surface area contributed by atoms with E-state index in [0.29, 0.717) is 0 Å². The van der Waals surface area contributed by atoms with E-state index in [0.717, 1.165) is 10.5 Å². The Kier molecular flexibility index (Phi) is 36.6. The van der Waals surface area contributed by atoms with E-state index < -0.39 is 189 Å². The Morgan fingerprint density at radius 3 is 1.64 bits per heavy atom. The number of ether oxygens (including phenoxy) is 1. The van der Waals surface area contributed by atoms with Crippen LogP contribution in [0, 0.1) is 77.4 Å². The molecule has 572 valence electrons. The molecule has 1 aromatic rings. The van der Waals surface area contributed by atoms with Gasteiger partial charge in [-0.2, -0.15) is 8.42 Å². The molecule has 1 aliphatic heterocycles. The smallest absolute Gasteiger partial charge is 0.409 e. The lowest BCUT2D eigenvalue weighted by Crippen LogP contribution is -2.62. The number of rotatable bonds is 21. The molecule has 0 saturated carbocycles. The van der Waals surface area contributed by atoms with E-state index in [2.05, 4.69) is 10.6 Å². The first-order valence-electron chi connectivity index (χ1n) is 36.1. The van der Waals surface area contributed by atoms with Gasteiger partial charge in [-0.3, -0.25) is 56.9 Å². The quantitative estimate of drug-likeness (QED) is 0.0588. The van der Waals surface area contributed by atoms with Crippen molar-refractivity contribution in [1.82, 2.24) is 35.1 Å². The summed E-state index contributed by atoms with van der Waals surface area (Å²) in [6.45, 7) is 30.9. The summed E-state index contributed by atoms with van der Waals surface area (Å²) in [6, 6.07) is -1.46. The van der Waals surface area contributed by atoms with Gasteiger partial charge in [0.1, 0.15) is 29.7 Å². The van der Waals surface area contributed by atoms with Crippen LogP contribution < -0.4 is 10.6 Å². The maximum atomic E-state index is 15.4. The summed E-state index contributed by atoms with van der Waals surface area (Å²) in [7, 11) is 4.27. The van der Waals surface area contributed by atoms with Gasteiger partial charge in [0.15, 0.2) is 17.3 Å². The number of allylic oxidation sites excluding steroid dienone is 1. The fraction of sp³-hybridized carbons (Fsp3) is 0.737. The first-order chi connectivity index (χ1) is 46.7. The van der Waals surface area contributed by atoms with E-state index in [-0.39, 0.29) is 93.6 Å². The molecule has 13 atom stereocenters. The maximum Gasteiger partial charge on any atom is 0.409 e. The van der Waals surface area contributed by atoms with Crippen molar-refractivity contribution in [3.63, 3.8) is 0 Å². The van der Waals surface area contributed by atoms with E-state index >= 15 is 19.2 Å². The van der Waals surface area contributed by atoms with Crippen molar-refractivity contribution in [1.29, 1.82) is 0 Å². The average molecular weight is 1440 g/mol. The molecule has 1 aromatic carbocycles. The summed E-state index contributed by atoms with van der Waals surface area (Å²) in [5.74, 6) is -14.2. The number of ketones is 5. The van der Waals surface area contributed by atoms with Crippen LogP contribution in [0.5, 0.6) is 0 Å². The zero-order chi connectivity index (χ0) is 77.6. The Hall–Kier alpha value is -6.73. The molecule has 3 N–H and O–H groups in total. The molecule has 24 nitrogen and oxygen atoms in total. The van der Waals surface area contributed by atoms with E-state index in [1.54, 1.807) is 79.7 Å². The number of aryl methyl sites for hydroxylation is 1. The summed E-state index contributed by atoms with van der Waals surface area (Å²) in [5.41, 5.74) is -0.298. The minimum absolute atomic E-state index is 0.00676. The van der Waals surface area contributed by atoms with E-state index in [1.165, 1.54) is 94.9 Å². The number of amides is 7. The monoisotopic (exact) mass is 1440 g/mol. The van der Waals surface area contributed by atoms with Gasteiger partial charge in [0.25, 0.3) is 10.1 Å². The predicted octanol–water partition coefficient (Wildman–Crippen LogP) is 8.85. The van der Waals surface area contributed by atoms with Gasteiger partial charge in [-0.05, 0) is 105 Å². The molecule has 101 heavy (non-hydrogen) atoms. The van der Waals surface area contributed by atoms with Gasteiger partial charge in [0, 0.05) is 103 Å². The molecule has 0 spiro atoms. The third-order valence-electron chi connectivity index (χ3n) is 19.7. The number of aliphatic hydroxyl groups is 1. The second kappa shape index (κ2) is 40.9. The normalized spacial score (nSPS) is 25.5. The van der Waals surface area contributed by atoms with Crippen LogP contribution in [-0.2, 0) is 71.8 Å². The second-order valence-electron chi connectivity index (χ2n) is 31.2. The fourth-order valence-electron chi connectivity index (χ4n) is 13.4. The largest absolute Gasteiger partial charge is 0.453 e. The van der Waals surface area contributed by atoms with E-state index in [1.807, 2.05) is 48.5 Å². The van der Waals surface area contributed by atoms with Crippen molar-refractivity contribution in [3.8, 4) is 0 Å². The molecule has 25 heteroatoms. The standard InChI is InChI=1S/C76H125N7O17S/c1-25-58-63(86)38-51(14)61(84)42-57(76(17,18)43-79(19)75(96)99-24)62(85)41-56(47(8)9)73(94)81(21)59(36-45(4)5)64(87)39-52(15)69(90)77-53(16)71(92)80(20)60(37-46(6)7)65(88)40-54(35-44(2)3)72(93)82(22)66(48(10)11)74(95)83(23)67(70(91)78-58)68(89)50(13)29-27-26-28-34-100-101(97,98)55-32-30-49(12)31-33-55/h26-27,30-33,44-48,50-54,56-60,66-68,89H,25,28-29,34-43H2,1-24H3,(H,77,90)(H,78,91)/t50-,51+,52-,53-,54-,56+,57-,58+,59+,60+,66+,67+,68-/m1/s1. The van der Waals surface area contributed by atoms with Gasteiger partial charge in [-0.25, -0.2) is 4.79 Å². The van der Waals surface area contributed by atoms with Crippen LogP contribution in [0.2, 0.25) is 0 Å². The Morgan fingerprint density at radius 1 is 0.624 bits per heavy atom. The third kappa shape index (κ3) is 26.8. The number of Topliss-reactive ketones (excluding diaryl/α,β-unsaturated/α-hetero) is 5. The SMILES string of the molecule is CC[C@@H]1NC(=O)[C@H]([C@H](O)[C@H](C)CC=CCCOS(=O)(=O)c2ccc(C)cc2)N(C)C(=O)[C@H](C(C)C)N(C)C(=O)[C@H](CC(C)C)CC(=O)[C@H](CC(C)C)N(C)C(=O)[C@@H](C)NC(=O)[C@H](C)CC(=O)[C@H](CC(C)C)N(C)C(=O)[C@H](C(C)C)CC(=O)[C@H](C(C)(C)CN(C)C(=O)OC)CC(=O)[C@@H](C)CC1=O. The Morgan fingerprint density at radius 2 is 1.14 bits per heavy atom. The molecule has 1 fully saturated rings. The van der Waals surface area contributed by atoms with Crippen molar-refractivity contribution < 1.29 is 80.0 Å². The molecule has 1 aliphatic rings. The Balaban J connectivity index is 2.99. The number of carbonyl (C=O) groups is 12. The van der Waals surface area contributed by atoms with Crippen molar-refractivity contribution >= 4 is 80.6 Å². The van der Waals surface area contributed by atoms with Gasteiger partial charge in [0.05, 0.1) is 42.8 Å². The molecule has 0 radical (unpaired) electrons. The summed E-state index contributed by atoms with van der Waals surface area (Å²) >= 11 is 0. The number of hydrogen-bond acceptors (Lipinski definition) is 17. The number of nitrogens with zero attached hydrogens (tertiary/aromatic N) is 5. The lowest BCUT2D eigenvalue weighted by atomic mass is 9.70. The van der Waals surface area contributed by atoms with Crippen molar-refractivity contribution in [2.45, 2.75) is 243 Å². The molecular formula is C76H125N7O17S. The highest BCUT2D eigenvalue weighted by atomic mass is 32.2. The molecule has 2 rings (SSSR count). The lowest BCUT2D eigenvalue weighted by Gasteiger charge is -2.40. The second-order valence-corrected chi connectivity index (χ2v) is 32.8. The van der Waals surface area contributed by atoms with Crippen LogP contribution in [0.15, 0.2) is 41.3 Å². The number of benzene rings is 1. The minimum Gasteiger partial charge on any atom is -0.453 e. The van der Waals surface area contributed by atoms with Crippen molar-refractivity contribution in [2.75, 3.05) is 55.5 Å². The van der Waals surface area contributed by atoms with Crippen LogP contribution in [0.3, 0.4) is 0 Å². The van der Waals surface area contributed by atoms with Crippen molar-refractivity contribution in [3.05, 3.63) is 42.0 Å². The number of hydrogen-bond donors (Lipinski definition) is 3. The first kappa shape index (κ1) is 90.4. The minimum atomic E-state index is -4.06. The van der Waals surface area contributed by atoms with E-state index in [4.69, 9.17) is 8.92 Å². The molecule has 1 saturated heterocycles. The topological polar surface area (TPSA) is 318 Å². The van der Waals surface area contributed by atoms with Gasteiger partial charge in [-0.1, -0.05) is 141 Å². The van der Waals surface area contributed by atoms with Gasteiger partial charge < -0.3 is 45.0 Å². The predicted molar refractivity (Wildman–Crippen MR) is 388 cm³/mol. The highest BCUT2D eigenvalue weighted by molar-refractivity contribution is 7.86. The number of methoxy groups -OCH3 is 1. The zero-order valence-corrected chi connectivity index (χ0v) is 66.0. The average Bonchev–Trinajstić information content (AvgIpc) is 0.813. The number of aliphatic hydroxyl groups excluding tert-OH is 1. The molecule has 0 bridgehead atoms. The third-order valence-corrected chi connectivity index (χ3v) is 21.0. The fourth-order valence-corrected chi connectivity index (χ4v) is 14.3. The molecular weight excluding hydrogens is 1310 g/mol. The summed E-state index contributed by atoms with van der Waals surface area (Å²) < 4.78 is 36.0. The van der Waals surface area contributed by atoms with Crippen LogP contribution in [0.25, 0.3) is 0 Å². The summed E-state index contributed by atoms with van der Waals surface area (Å²) in [5, 5.41) is 17.9. The van der Waals surface area contributed by atoms with Crippen LogP contribution >= 0.6 is 0 Å².